The van der Waals surface area contributed by atoms with Gasteiger partial charge in [0.25, 0.3) is 0 Å². The van der Waals surface area contributed by atoms with Gasteiger partial charge in [0.1, 0.15) is 11.6 Å². The average Bonchev–Trinajstić information content (AvgIpc) is 2.45. The predicted molar refractivity (Wildman–Crippen MR) is 82.8 cm³/mol. The van der Waals surface area contributed by atoms with Crippen molar-refractivity contribution < 1.29 is 8.78 Å². The molecule has 0 aliphatic carbocycles. The number of nitrogens with zero attached hydrogens (tertiary/aromatic N) is 1. The second kappa shape index (κ2) is 6.68. The van der Waals surface area contributed by atoms with E-state index in [4.69, 9.17) is 0 Å². The number of halogens is 2. The van der Waals surface area contributed by atoms with Gasteiger partial charge in [-0.15, -0.1) is 0 Å². The zero-order valence-corrected chi connectivity index (χ0v) is 12.5. The number of hydrogen-bond donors (Lipinski definition) is 1. The van der Waals surface area contributed by atoms with Gasteiger partial charge in [-0.05, 0) is 23.8 Å². The van der Waals surface area contributed by atoms with Gasteiger partial charge in [-0.3, -0.25) is 0 Å². The molecule has 0 amide bonds. The quantitative estimate of drug-likeness (QED) is 0.886. The molecule has 21 heavy (non-hydrogen) atoms. The van der Waals surface area contributed by atoms with Gasteiger partial charge in [-0.25, -0.2) is 8.78 Å². The fourth-order valence-corrected chi connectivity index (χ4v) is 2.24. The number of benzene rings is 2. The van der Waals surface area contributed by atoms with Crippen molar-refractivity contribution >= 4 is 11.4 Å². The molecule has 0 unspecified atom stereocenters. The normalized spacial score (nSPS) is 11.0. The molecule has 4 heteroatoms. The summed E-state index contributed by atoms with van der Waals surface area (Å²) in [5.41, 5.74) is 1.55. The Balaban J connectivity index is 2.40. The molecule has 0 aliphatic rings. The molecule has 1 N–H and O–H groups in total. The number of rotatable bonds is 5. The Kier molecular flexibility index (Phi) is 4.91. The van der Waals surface area contributed by atoms with E-state index in [9.17, 15) is 8.78 Å². The molecule has 0 radical (unpaired) electrons. The van der Waals surface area contributed by atoms with Gasteiger partial charge in [0, 0.05) is 19.6 Å². The lowest BCUT2D eigenvalue weighted by atomic mass is 10.1. The summed E-state index contributed by atoms with van der Waals surface area (Å²) >= 11 is 0. The van der Waals surface area contributed by atoms with Crippen LogP contribution in [0.4, 0.5) is 20.2 Å². The molecule has 2 aromatic carbocycles. The minimum atomic E-state index is -0.369. The van der Waals surface area contributed by atoms with Crippen LogP contribution in [0.2, 0.25) is 0 Å². The van der Waals surface area contributed by atoms with Crippen LogP contribution in [-0.4, -0.2) is 13.1 Å². The van der Waals surface area contributed by atoms with Crippen LogP contribution in [0.3, 0.4) is 0 Å². The Labute approximate surface area is 124 Å². The summed E-state index contributed by atoms with van der Waals surface area (Å²) < 4.78 is 28.2. The van der Waals surface area contributed by atoms with Crippen LogP contribution in [0.1, 0.15) is 19.4 Å². The number of anilines is 2. The highest BCUT2D eigenvalue weighted by atomic mass is 19.1. The molecule has 2 nitrogen and oxygen atoms in total. The van der Waals surface area contributed by atoms with Gasteiger partial charge in [-0.2, -0.15) is 0 Å². The van der Waals surface area contributed by atoms with Crippen LogP contribution < -0.4 is 10.2 Å². The maximum absolute atomic E-state index is 14.3. The Morgan fingerprint density at radius 1 is 1.00 bits per heavy atom. The summed E-state index contributed by atoms with van der Waals surface area (Å²) in [5, 5.41) is 3.26. The zero-order chi connectivity index (χ0) is 15.4. The first-order valence-electron chi connectivity index (χ1n) is 6.99. The van der Waals surface area contributed by atoms with Gasteiger partial charge < -0.3 is 10.2 Å². The number of nitrogens with one attached hydrogen (secondary N) is 1. The largest absolute Gasteiger partial charge is 0.340 e. The molecular formula is C17H20F2N2. The first kappa shape index (κ1) is 15.4. The van der Waals surface area contributed by atoms with Gasteiger partial charge in [-0.1, -0.05) is 38.1 Å². The first-order chi connectivity index (χ1) is 10.0. The van der Waals surface area contributed by atoms with Crippen LogP contribution in [0.5, 0.6) is 0 Å². The van der Waals surface area contributed by atoms with Gasteiger partial charge in [0.05, 0.1) is 11.4 Å². The summed E-state index contributed by atoms with van der Waals surface area (Å²) in [6, 6.07) is 11.6. The topological polar surface area (TPSA) is 15.3 Å². The molecule has 2 rings (SSSR count). The highest BCUT2D eigenvalue weighted by molar-refractivity contribution is 5.66. The molecule has 0 aliphatic heterocycles. The van der Waals surface area contributed by atoms with Crippen molar-refractivity contribution in [2.45, 2.75) is 26.4 Å². The first-order valence-corrected chi connectivity index (χ1v) is 6.99. The fraction of sp³-hybridized carbons (Fsp3) is 0.294. The highest BCUT2D eigenvalue weighted by Gasteiger charge is 2.16. The minimum Gasteiger partial charge on any atom is -0.340 e. The SMILES string of the molecule is CC(C)NCc1cccc(F)c1N(C)c1ccccc1F. The smallest absolute Gasteiger partial charge is 0.147 e. The average molecular weight is 290 g/mol. The Morgan fingerprint density at radius 3 is 2.33 bits per heavy atom. The molecule has 0 spiro atoms. The Bertz CT molecular complexity index is 611. The van der Waals surface area contributed by atoms with Crippen molar-refractivity contribution in [3.63, 3.8) is 0 Å². The summed E-state index contributed by atoms with van der Waals surface area (Å²) in [5.74, 6) is -0.727. The van der Waals surface area contributed by atoms with Crippen LogP contribution in [0, 0.1) is 11.6 Å². The standard InChI is InChI=1S/C17H20F2N2/c1-12(2)20-11-13-7-6-9-15(19)17(13)21(3)16-10-5-4-8-14(16)18/h4-10,12,20H,11H2,1-3H3. The molecular weight excluding hydrogens is 270 g/mol. The zero-order valence-electron chi connectivity index (χ0n) is 12.5. The molecule has 0 atom stereocenters. The van der Waals surface area contributed by atoms with Gasteiger partial charge in [0.2, 0.25) is 0 Å². The molecule has 0 fully saturated rings. The van der Waals surface area contributed by atoms with E-state index in [1.807, 2.05) is 19.9 Å². The van der Waals surface area contributed by atoms with Gasteiger partial charge >= 0.3 is 0 Å². The van der Waals surface area contributed by atoms with Crippen molar-refractivity contribution in [1.82, 2.24) is 5.32 Å². The maximum atomic E-state index is 14.3. The molecule has 0 heterocycles. The van der Waals surface area contributed by atoms with Crippen molar-refractivity contribution in [2.24, 2.45) is 0 Å². The Hall–Kier alpha value is -1.94. The van der Waals surface area contributed by atoms with Crippen molar-refractivity contribution in [2.75, 3.05) is 11.9 Å². The van der Waals surface area contributed by atoms with Crippen LogP contribution in [-0.2, 0) is 6.54 Å². The summed E-state index contributed by atoms with van der Waals surface area (Å²) in [6.45, 7) is 4.59. The molecule has 0 bridgehead atoms. The molecule has 0 saturated heterocycles. The molecule has 0 aromatic heterocycles. The van der Waals surface area contributed by atoms with Crippen molar-refractivity contribution in [1.29, 1.82) is 0 Å². The maximum Gasteiger partial charge on any atom is 0.147 e. The molecule has 0 saturated carbocycles. The minimum absolute atomic E-state index is 0.292. The second-order valence-corrected chi connectivity index (χ2v) is 5.29. The lowest BCUT2D eigenvalue weighted by Gasteiger charge is -2.24. The van der Waals surface area contributed by atoms with Crippen LogP contribution in [0.15, 0.2) is 42.5 Å². The Morgan fingerprint density at radius 2 is 1.67 bits per heavy atom. The van der Waals surface area contributed by atoms with Crippen molar-refractivity contribution in [3.05, 3.63) is 59.7 Å². The fourth-order valence-electron chi connectivity index (χ4n) is 2.24. The van der Waals surface area contributed by atoms with Crippen LogP contribution in [0.25, 0.3) is 0 Å². The van der Waals surface area contributed by atoms with E-state index in [0.717, 1.165) is 5.56 Å². The predicted octanol–water partition coefficient (Wildman–Crippen LogP) is 4.23. The van der Waals surface area contributed by atoms with E-state index in [1.54, 1.807) is 36.2 Å². The lowest BCUT2D eigenvalue weighted by Crippen LogP contribution is -2.24. The van der Waals surface area contributed by atoms with E-state index in [1.165, 1.54) is 12.1 Å². The second-order valence-electron chi connectivity index (χ2n) is 5.29. The van der Waals surface area contributed by atoms with E-state index >= 15 is 0 Å². The summed E-state index contributed by atoms with van der Waals surface area (Å²) in [7, 11) is 1.68. The van der Waals surface area contributed by atoms with E-state index in [2.05, 4.69) is 5.32 Å². The lowest BCUT2D eigenvalue weighted by molar-refractivity contribution is 0.580. The monoisotopic (exact) mass is 290 g/mol. The van der Waals surface area contributed by atoms with Crippen molar-refractivity contribution in [3.8, 4) is 0 Å². The third kappa shape index (κ3) is 3.58. The van der Waals surface area contributed by atoms with E-state index < -0.39 is 0 Å². The summed E-state index contributed by atoms with van der Waals surface area (Å²) in [6.07, 6.45) is 0. The molecule has 112 valence electrons. The van der Waals surface area contributed by atoms with Gasteiger partial charge in [0.15, 0.2) is 0 Å². The van der Waals surface area contributed by atoms with E-state index in [-0.39, 0.29) is 11.6 Å². The highest BCUT2D eigenvalue weighted by Crippen LogP contribution is 2.31. The summed E-state index contributed by atoms with van der Waals surface area (Å²) in [4.78, 5) is 1.56. The van der Waals surface area contributed by atoms with Crippen LogP contribution >= 0.6 is 0 Å². The van der Waals surface area contributed by atoms with E-state index in [0.29, 0.717) is 24.0 Å². The third-order valence-corrected chi connectivity index (χ3v) is 3.32. The number of para-hydroxylation sites is 2. The number of hydrogen-bond acceptors (Lipinski definition) is 2. The third-order valence-electron chi connectivity index (χ3n) is 3.32. The molecule has 2 aromatic rings.